The molecule has 0 aliphatic rings. The Morgan fingerprint density at radius 2 is 1.48 bits per heavy atom. The van der Waals surface area contributed by atoms with Gasteiger partial charge in [0, 0.05) is 5.69 Å². The average Bonchev–Trinajstić information content (AvgIpc) is 3.05. The average molecular weight is 465 g/mol. The van der Waals surface area contributed by atoms with E-state index in [0.717, 1.165) is 23.1 Å². The number of para-hydroxylation sites is 1. The molecule has 2 amide bonds. The van der Waals surface area contributed by atoms with Crippen molar-refractivity contribution in [1.82, 2.24) is 0 Å². The van der Waals surface area contributed by atoms with Crippen LogP contribution in [0.2, 0.25) is 0 Å². The first-order valence-electron chi connectivity index (χ1n) is 9.57. The SMILES string of the molecule is CCOC(=O)c1sc(NC(=O)CSCC(=O)Nc2ccccc2)c(C(=O)OCC)c1C. The van der Waals surface area contributed by atoms with E-state index >= 15 is 0 Å². The lowest BCUT2D eigenvalue weighted by atomic mass is 10.1. The highest BCUT2D eigenvalue weighted by Crippen LogP contribution is 2.34. The van der Waals surface area contributed by atoms with Gasteiger partial charge in [-0.15, -0.1) is 23.1 Å². The Balaban J connectivity index is 2.00. The number of hydrogen-bond donors (Lipinski definition) is 2. The maximum Gasteiger partial charge on any atom is 0.348 e. The van der Waals surface area contributed by atoms with Crippen LogP contribution in [0.3, 0.4) is 0 Å². The van der Waals surface area contributed by atoms with Gasteiger partial charge in [-0.1, -0.05) is 18.2 Å². The molecule has 0 aliphatic carbocycles. The highest BCUT2D eigenvalue weighted by Gasteiger charge is 2.27. The molecule has 0 saturated heterocycles. The third-order valence-electron chi connectivity index (χ3n) is 3.86. The Morgan fingerprint density at radius 1 is 0.903 bits per heavy atom. The van der Waals surface area contributed by atoms with Gasteiger partial charge in [0.05, 0.1) is 30.3 Å². The third kappa shape index (κ3) is 7.11. The fraction of sp³-hybridized carbons (Fsp3) is 0.333. The van der Waals surface area contributed by atoms with Gasteiger partial charge in [-0.05, 0) is 38.5 Å². The second kappa shape index (κ2) is 12.1. The molecule has 2 N–H and O–H groups in total. The number of benzene rings is 1. The number of carbonyl (C=O) groups is 4. The van der Waals surface area contributed by atoms with Gasteiger partial charge in [0.1, 0.15) is 9.88 Å². The summed E-state index contributed by atoms with van der Waals surface area (Å²) in [5.41, 5.74) is 1.21. The first-order valence-corrected chi connectivity index (χ1v) is 11.5. The Morgan fingerprint density at radius 3 is 2.10 bits per heavy atom. The molecule has 0 unspecified atom stereocenters. The minimum atomic E-state index is -0.628. The summed E-state index contributed by atoms with van der Waals surface area (Å²) in [7, 11) is 0. The van der Waals surface area contributed by atoms with Crippen LogP contribution in [-0.2, 0) is 19.1 Å². The van der Waals surface area contributed by atoms with Gasteiger partial charge in [0.25, 0.3) is 0 Å². The van der Waals surface area contributed by atoms with E-state index in [2.05, 4.69) is 10.6 Å². The fourth-order valence-corrected chi connectivity index (χ4v) is 4.28. The van der Waals surface area contributed by atoms with Crippen molar-refractivity contribution in [2.45, 2.75) is 20.8 Å². The molecule has 10 heteroatoms. The number of carbonyl (C=O) groups excluding carboxylic acids is 4. The Kier molecular flexibility index (Phi) is 9.54. The molecule has 8 nitrogen and oxygen atoms in total. The number of nitrogens with one attached hydrogen (secondary N) is 2. The number of thiophene rings is 1. The number of rotatable bonds is 10. The molecular formula is C21H24N2O6S2. The number of anilines is 2. The zero-order valence-corrected chi connectivity index (χ0v) is 19.1. The number of esters is 2. The molecule has 0 bridgehead atoms. The van der Waals surface area contributed by atoms with Crippen molar-refractivity contribution in [2.75, 3.05) is 35.4 Å². The van der Waals surface area contributed by atoms with Gasteiger partial charge in [-0.2, -0.15) is 0 Å². The van der Waals surface area contributed by atoms with Crippen molar-refractivity contribution < 1.29 is 28.7 Å². The molecule has 1 aromatic heterocycles. The monoisotopic (exact) mass is 464 g/mol. The molecule has 0 fully saturated rings. The second-order valence-electron chi connectivity index (χ2n) is 6.16. The topological polar surface area (TPSA) is 111 Å². The molecule has 166 valence electrons. The predicted octanol–water partition coefficient (Wildman–Crippen LogP) is 3.72. The largest absolute Gasteiger partial charge is 0.462 e. The lowest BCUT2D eigenvalue weighted by molar-refractivity contribution is -0.114. The van der Waals surface area contributed by atoms with Crippen LogP contribution in [0.1, 0.15) is 39.4 Å². The molecular weight excluding hydrogens is 440 g/mol. The summed E-state index contributed by atoms with van der Waals surface area (Å²) in [5, 5.41) is 5.61. The predicted molar refractivity (Wildman–Crippen MR) is 122 cm³/mol. The number of amides is 2. The molecule has 0 aliphatic heterocycles. The Labute approximate surface area is 188 Å². The molecule has 0 saturated carbocycles. The smallest absolute Gasteiger partial charge is 0.348 e. The van der Waals surface area contributed by atoms with E-state index in [1.54, 1.807) is 32.9 Å². The Hall–Kier alpha value is -2.85. The molecule has 0 atom stereocenters. The lowest BCUT2D eigenvalue weighted by Gasteiger charge is -2.07. The first-order chi connectivity index (χ1) is 14.9. The fourth-order valence-electron chi connectivity index (χ4n) is 2.56. The van der Waals surface area contributed by atoms with Crippen LogP contribution >= 0.6 is 23.1 Å². The van der Waals surface area contributed by atoms with Crippen LogP contribution < -0.4 is 10.6 Å². The summed E-state index contributed by atoms with van der Waals surface area (Å²) in [6.07, 6.45) is 0. The standard InChI is InChI=1S/C21H24N2O6S2/c1-4-28-20(26)17-13(3)18(21(27)29-5-2)31-19(17)23-16(25)12-30-11-15(24)22-14-9-7-6-8-10-14/h6-10H,4-5,11-12H2,1-3H3,(H,22,24)(H,23,25). The van der Waals surface area contributed by atoms with Gasteiger partial charge in [-0.3, -0.25) is 9.59 Å². The normalized spacial score (nSPS) is 10.3. The van der Waals surface area contributed by atoms with Crippen LogP contribution in [0.4, 0.5) is 10.7 Å². The van der Waals surface area contributed by atoms with Crippen molar-refractivity contribution in [3.8, 4) is 0 Å². The molecule has 2 aromatic rings. The molecule has 0 spiro atoms. The van der Waals surface area contributed by atoms with Gasteiger partial charge >= 0.3 is 11.9 Å². The zero-order chi connectivity index (χ0) is 22.8. The highest BCUT2D eigenvalue weighted by molar-refractivity contribution is 8.00. The van der Waals surface area contributed by atoms with Crippen LogP contribution in [0.15, 0.2) is 30.3 Å². The van der Waals surface area contributed by atoms with E-state index in [4.69, 9.17) is 9.47 Å². The molecule has 31 heavy (non-hydrogen) atoms. The molecule has 0 radical (unpaired) electrons. The van der Waals surface area contributed by atoms with Gasteiger partial charge in [0.15, 0.2) is 0 Å². The van der Waals surface area contributed by atoms with E-state index in [0.29, 0.717) is 11.3 Å². The zero-order valence-electron chi connectivity index (χ0n) is 17.5. The summed E-state index contributed by atoms with van der Waals surface area (Å²) in [6.45, 7) is 5.30. The van der Waals surface area contributed by atoms with E-state index in [-0.39, 0.29) is 46.1 Å². The number of ether oxygens (including phenoxy) is 2. The summed E-state index contributed by atoms with van der Waals surface area (Å²) >= 11 is 2.09. The maximum atomic E-state index is 12.4. The number of hydrogen-bond acceptors (Lipinski definition) is 8. The van der Waals surface area contributed by atoms with Crippen LogP contribution in [0, 0.1) is 6.92 Å². The van der Waals surface area contributed by atoms with Gasteiger partial charge < -0.3 is 20.1 Å². The highest BCUT2D eigenvalue weighted by atomic mass is 32.2. The minimum Gasteiger partial charge on any atom is -0.462 e. The van der Waals surface area contributed by atoms with Crippen LogP contribution in [0.5, 0.6) is 0 Å². The van der Waals surface area contributed by atoms with Crippen LogP contribution in [-0.4, -0.2) is 48.5 Å². The number of thioether (sulfide) groups is 1. The van der Waals surface area contributed by atoms with E-state index in [1.165, 1.54) is 0 Å². The van der Waals surface area contributed by atoms with E-state index in [1.807, 2.05) is 18.2 Å². The summed E-state index contributed by atoms with van der Waals surface area (Å²) in [6, 6.07) is 9.01. The van der Waals surface area contributed by atoms with Crippen molar-refractivity contribution in [1.29, 1.82) is 0 Å². The first kappa shape index (κ1) is 24.4. The molecule has 1 aromatic carbocycles. The summed E-state index contributed by atoms with van der Waals surface area (Å²) in [5.74, 6) is -1.74. The van der Waals surface area contributed by atoms with Gasteiger partial charge in [0.2, 0.25) is 11.8 Å². The van der Waals surface area contributed by atoms with Gasteiger partial charge in [-0.25, -0.2) is 9.59 Å². The van der Waals surface area contributed by atoms with E-state index < -0.39 is 17.8 Å². The van der Waals surface area contributed by atoms with E-state index in [9.17, 15) is 19.2 Å². The lowest BCUT2D eigenvalue weighted by Crippen LogP contribution is -2.19. The Bertz CT molecular complexity index is 943. The third-order valence-corrected chi connectivity index (χ3v) is 5.98. The second-order valence-corrected chi connectivity index (χ2v) is 8.16. The molecule has 2 rings (SSSR count). The van der Waals surface area contributed by atoms with Crippen molar-refractivity contribution >= 4 is 57.5 Å². The molecule has 1 heterocycles. The minimum absolute atomic E-state index is 0.00381. The van der Waals surface area contributed by atoms with Crippen molar-refractivity contribution in [2.24, 2.45) is 0 Å². The van der Waals surface area contributed by atoms with Crippen molar-refractivity contribution in [3.05, 3.63) is 46.3 Å². The quantitative estimate of drug-likeness (QED) is 0.516. The summed E-state index contributed by atoms with van der Waals surface area (Å²) in [4.78, 5) is 49.1. The maximum absolute atomic E-state index is 12.4. The summed E-state index contributed by atoms with van der Waals surface area (Å²) < 4.78 is 10.1. The van der Waals surface area contributed by atoms with Crippen LogP contribution in [0.25, 0.3) is 0 Å². The van der Waals surface area contributed by atoms with Crippen molar-refractivity contribution in [3.63, 3.8) is 0 Å².